The van der Waals surface area contributed by atoms with Gasteiger partial charge in [-0.2, -0.15) is 26.3 Å². The number of hydrogen-bond donors (Lipinski definition) is 0. The number of ether oxygens (including phenoxy) is 2. The first kappa shape index (κ1) is 30.2. The Hall–Kier alpha value is -1.88. The molecule has 0 N–H and O–H groups in total. The highest BCUT2D eigenvalue weighted by Crippen LogP contribution is 2.48. The fraction of sp³-hybridized carbons (Fsp3) is 0.818. The molecule has 1 aliphatic rings. The highest BCUT2D eigenvalue weighted by atomic mass is 19.4. The van der Waals surface area contributed by atoms with Crippen molar-refractivity contribution in [2.45, 2.75) is 101 Å². The summed E-state index contributed by atoms with van der Waals surface area (Å²) < 4.78 is 112. The van der Waals surface area contributed by atoms with Crippen LogP contribution in [-0.4, -0.2) is 48.8 Å². The second-order valence-electron chi connectivity index (χ2n) is 8.31. The molecule has 2 atom stereocenters. The van der Waals surface area contributed by atoms with Crippen molar-refractivity contribution < 1.29 is 54.2 Å². The van der Waals surface area contributed by atoms with Gasteiger partial charge >= 0.3 is 36.1 Å². The summed E-state index contributed by atoms with van der Waals surface area (Å²) in [6, 6.07) is 0. The summed E-state index contributed by atoms with van der Waals surface area (Å²) in [6.45, 7) is -0.590. The van der Waals surface area contributed by atoms with Crippen molar-refractivity contribution >= 4 is 11.9 Å². The molecule has 0 aliphatic heterocycles. The largest absolute Gasteiger partial charge is 0.462 e. The maximum Gasteiger partial charge on any atom is 0.381 e. The molecule has 0 radical (unpaired) electrons. The van der Waals surface area contributed by atoms with Crippen LogP contribution >= 0.6 is 0 Å². The monoisotopic (exact) mass is 510 g/mol. The van der Waals surface area contributed by atoms with E-state index in [0.29, 0.717) is 18.8 Å². The summed E-state index contributed by atoms with van der Waals surface area (Å²) in [5, 5.41) is 0. The fourth-order valence-corrected chi connectivity index (χ4v) is 3.44. The topological polar surface area (TPSA) is 52.6 Å². The molecule has 198 valence electrons. The standard InChI is InChI=1S/C22H30F8O4/c1-2-7-16(13-12-15-8-4-3-5-9-15)34-18(32)11-6-10-17(31)33-14-20(25,26)22(29,30)21(27,28)19(23)24/h4,8,15-16,19H,2-3,5-7,9-14H2,1H3. The van der Waals surface area contributed by atoms with Crippen LogP contribution in [0.25, 0.3) is 0 Å². The molecule has 12 heteroatoms. The lowest BCUT2D eigenvalue weighted by Gasteiger charge is -2.31. The molecular weight excluding hydrogens is 480 g/mol. The molecule has 0 aromatic heterocycles. The molecule has 0 spiro atoms. The molecule has 0 heterocycles. The van der Waals surface area contributed by atoms with Gasteiger partial charge in [0.2, 0.25) is 0 Å². The third-order valence-electron chi connectivity index (χ3n) is 5.45. The minimum atomic E-state index is -6.44. The minimum Gasteiger partial charge on any atom is -0.462 e. The van der Waals surface area contributed by atoms with E-state index in [9.17, 15) is 44.7 Å². The lowest BCUT2D eigenvalue weighted by molar-refractivity contribution is -0.344. The number of carbonyl (C=O) groups is 2. The Kier molecular flexibility index (Phi) is 11.8. The van der Waals surface area contributed by atoms with E-state index in [0.717, 1.165) is 32.1 Å². The molecule has 0 aromatic rings. The highest BCUT2D eigenvalue weighted by molar-refractivity contribution is 5.72. The average molecular weight is 510 g/mol. The van der Waals surface area contributed by atoms with Gasteiger partial charge in [-0.15, -0.1) is 0 Å². The Morgan fingerprint density at radius 2 is 1.68 bits per heavy atom. The SMILES string of the molecule is CCCC(CCC1C=CCCC1)OC(=O)CCCC(=O)OCC(F)(F)C(F)(F)C(F)(F)C(F)F. The lowest BCUT2D eigenvalue weighted by atomic mass is 9.90. The van der Waals surface area contributed by atoms with Crippen LogP contribution in [0.15, 0.2) is 12.2 Å². The van der Waals surface area contributed by atoms with Crippen molar-refractivity contribution in [3.05, 3.63) is 12.2 Å². The second-order valence-corrected chi connectivity index (χ2v) is 8.31. The number of allylic oxidation sites excluding steroid dienone is 2. The molecule has 0 aromatic carbocycles. The number of esters is 2. The zero-order valence-corrected chi connectivity index (χ0v) is 18.8. The highest BCUT2D eigenvalue weighted by Gasteiger charge is 2.75. The summed E-state index contributed by atoms with van der Waals surface area (Å²) in [6.07, 6.45) is 3.86. The maximum atomic E-state index is 13.4. The summed E-state index contributed by atoms with van der Waals surface area (Å²) in [5.41, 5.74) is 0. The average Bonchev–Trinajstić information content (AvgIpc) is 2.76. The predicted octanol–water partition coefficient (Wildman–Crippen LogP) is 6.72. The van der Waals surface area contributed by atoms with Crippen molar-refractivity contribution in [1.29, 1.82) is 0 Å². The Balaban J connectivity index is 2.42. The summed E-state index contributed by atoms with van der Waals surface area (Å²) >= 11 is 0. The van der Waals surface area contributed by atoms with Gasteiger partial charge in [0, 0.05) is 12.8 Å². The molecule has 0 saturated heterocycles. The normalized spacial score (nSPS) is 18.1. The first-order valence-corrected chi connectivity index (χ1v) is 11.2. The van der Waals surface area contributed by atoms with Gasteiger partial charge in [0.25, 0.3) is 0 Å². The van der Waals surface area contributed by atoms with E-state index in [4.69, 9.17) is 4.74 Å². The van der Waals surface area contributed by atoms with Crippen molar-refractivity contribution in [3.8, 4) is 0 Å². The van der Waals surface area contributed by atoms with Crippen LogP contribution in [0.1, 0.15) is 71.1 Å². The lowest BCUT2D eigenvalue weighted by Crippen LogP contribution is -2.59. The van der Waals surface area contributed by atoms with Gasteiger partial charge in [0.1, 0.15) is 6.10 Å². The molecule has 4 nitrogen and oxygen atoms in total. The first-order valence-electron chi connectivity index (χ1n) is 11.2. The molecule has 0 fully saturated rings. The third-order valence-corrected chi connectivity index (χ3v) is 5.45. The van der Waals surface area contributed by atoms with Gasteiger partial charge in [0.15, 0.2) is 6.61 Å². The van der Waals surface area contributed by atoms with Gasteiger partial charge in [0.05, 0.1) is 0 Å². The minimum absolute atomic E-state index is 0.225. The van der Waals surface area contributed by atoms with Crippen LogP contribution in [0, 0.1) is 5.92 Å². The number of halogens is 8. The van der Waals surface area contributed by atoms with Gasteiger partial charge in [-0.3, -0.25) is 9.59 Å². The summed E-state index contributed by atoms with van der Waals surface area (Å²) in [7, 11) is 0. The van der Waals surface area contributed by atoms with Gasteiger partial charge in [-0.25, -0.2) is 8.78 Å². The van der Waals surface area contributed by atoms with E-state index in [1.165, 1.54) is 0 Å². The molecule has 1 aliphatic carbocycles. The van der Waals surface area contributed by atoms with Crippen molar-refractivity contribution in [2.24, 2.45) is 5.92 Å². The maximum absolute atomic E-state index is 13.4. The fourth-order valence-electron chi connectivity index (χ4n) is 3.44. The third kappa shape index (κ3) is 8.72. The molecule has 1 rings (SSSR count). The Morgan fingerprint density at radius 1 is 1.03 bits per heavy atom. The van der Waals surface area contributed by atoms with E-state index < -0.39 is 49.2 Å². The molecule has 0 saturated carbocycles. The zero-order chi connectivity index (χ0) is 26.0. The molecule has 34 heavy (non-hydrogen) atoms. The smallest absolute Gasteiger partial charge is 0.381 e. The second kappa shape index (κ2) is 13.3. The van der Waals surface area contributed by atoms with Crippen LogP contribution in [-0.2, 0) is 19.1 Å². The van der Waals surface area contributed by atoms with Gasteiger partial charge < -0.3 is 9.47 Å². The van der Waals surface area contributed by atoms with Crippen LogP contribution in [0.4, 0.5) is 35.1 Å². The molecule has 0 bridgehead atoms. The number of alkyl halides is 8. The van der Waals surface area contributed by atoms with Gasteiger partial charge in [-0.05, 0) is 50.9 Å². The van der Waals surface area contributed by atoms with Crippen LogP contribution < -0.4 is 0 Å². The van der Waals surface area contributed by atoms with Crippen LogP contribution in [0.5, 0.6) is 0 Å². The number of carbonyl (C=O) groups excluding carboxylic acids is 2. The summed E-state index contributed by atoms with van der Waals surface area (Å²) in [5.74, 6) is -20.2. The van der Waals surface area contributed by atoms with Crippen molar-refractivity contribution in [3.63, 3.8) is 0 Å². The predicted molar refractivity (Wildman–Crippen MR) is 106 cm³/mol. The number of hydrogen-bond acceptors (Lipinski definition) is 4. The van der Waals surface area contributed by atoms with E-state index >= 15 is 0 Å². The molecule has 2 unspecified atom stereocenters. The van der Waals surface area contributed by atoms with E-state index in [1.807, 2.05) is 6.92 Å². The molecule has 0 amide bonds. The van der Waals surface area contributed by atoms with E-state index in [-0.39, 0.29) is 18.9 Å². The molecular formula is C22H30F8O4. The van der Waals surface area contributed by atoms with Crippen molar-refractivity contribution in [2.75, 3.05) is 6.61 Å². The Bertz CT molecular complexity index is 682. The van der Waals surface area contributed by atoms with Gasteiger partial charge in [-0.1, -0.05) is 25.5 Å². The van der Waals surface area contributed by atoms with E-state index in [2.05, 4.69) is 16.9 Å². The zero-order valence-electron chi connectivity index (χ0n) is 18.8. The quantitative estimate of drug-likeness (QED) is 0.139. The summed E-state index contributed by atoms with van der Waals surface area (Å²) in [4.78, 5) is 23.5. The van der Waals surface area contributed by atoms with Crippen LogP contribution in [0.3, 0.4) is 0 Å². The number of rotatable bonds is 15. The Labute approximate surface area is 193 Å². The first-order chi connectivity index (χ1) is 15.7. The van der Waals surface area contributed by atoms with E-state index in [1.54, 1.807) is 0 Å². The van der Waals surface area contributed by atoms with Crippen LogP contribution in [0.2, 0.25) is 0 Å². The Morgan fingerprint density at radius 3 is 2.24 bits per heavy atom. The van der Waals surface area contributed by atoms with Crippen molar-refractivity contribution in [1.82, 2.24) is 0 Å².